The van der Waals surface area contributed by atoms with E-state index in [2.05, 4.69) is 46.1 Å². The predicted octanol–water partition coefficient (Wildman–Crippen LogP) is 2.70. The first-order chi connectivity index (χ1) is 15.3. The van der Waals surface area contributed by atoms with E-state index in [0.717, 1.165) is 43.4 Å². The Balaban J connectivity index is 1.39. The van der Waals surface area contributed by atoms with Crippen molar-refractivity contribution in [1.82, 2.24) is 30.0 Å². The molecule has 1 saturated heterocycles. The summed E-state index contributed by atoms with van der Waals surface area (Å²) in [5.74, 6) is -0.0921. The molecule has 0 radical (unpaired) electrons. The van der Waals surface area contributed by atoms with E-state index in [9.17, 15) is 9.59 Å². The lowest BCUT2D eigenvalue weighted by atomic mass is 9.92. The summed E-state index contributed by atoms with van der Waals surface area (Å²) in [4.78, 5) is 34.8. The van der Waals surface area contributed by atoms with Crippen LogP contribution in [0.4, 0.5) is 0 Å². The van der Waals surface area contributed by atoms with Crippen molar-refractivity contribution in [2.24, 2.45) is 0 Å². The number of hydrogen-bond donors (Lipinski definition) is 2. The van der Waals surface area contributed by atoms with Gasteiger partial charge in [-0.05, 0) is 37.6 Å². The Morgan fingerprint density at radius 2 is 2.06 bits per heavy atom. The first kappa shape index (κ1) is 22.2. The summed E-state index contributed by atoms with van der Waals surface area (Å²) < 4.78 is 1.57. The van der Waals surface area contributed by atoms with E-state index in [4.69, 9.17) is 0 Å². The Labute approximate surface area is 188 Å². The van der Waals surface area contributed by atoms with Gasteiger partial charge in [0.1, 0.15) is 5.65 Å². The molecule has 0 aromatic carbocycles. The molecule has 1 amide bonds. The molecule has 8 nitrogen and oxygen atoms in total. The SMILES string of the molecule is CC(C)(C)c1ccc(=O)n(CCN2CCCCC2CNC(=O)c2c[nH]c3ncccc23)n1. The third-order valence-corrected chi connectivity index (χ3v) is 6.18. The number of rotatable bonds is 6. The van der Waals surface area contributed by atoms with Gasteiger partial charge in [-0.1, -0.05) is 27.2 Å². The van der Waals surface area contributed by atoms with Crippen LogP contribution in [0.5, 0.6) is 0 Å². The lowest BCUT2D eigenvalue weighted by molar-refractivity contribution is 0.0910. The fraction of sp³-hybridized carbons (Fsp3) is 0.500. The fourth-order valence-electron chi connectivity index (χ4n) is 4.27. The summed E-state index contributed by atoms with van der Waals surface area (Å²) in [5, 5.41) is 8.52. The highest BCUT2D eigenvalue weighted by atomic mass is 16.1. The molecule has 8 heteroatoms. The highest BCUT2D eigenvalue weighted by molar-refractivity contribution is 6.05. The van der Waals surface area contributed by atoms with Gasteiger partial charge in [0.15, 0.2) is 0 Å². The van der Waals surface area contributed by atoms with Crippen molar-refractivity contribution >= 4 is 16.9 Å². The number of aromatic nitrogens is 4. The normalized spacial score (nSPS) is 17.5. The third kappa shape index (κ3) is 4.91. The molecular formula is C24H32N6O2. The van der Waals surface area contributed by atoms with Crippen molar-refractivity contribution in [2.45, 2.75) is 58.0 Å². The number of fused-ring (bicyclic) bond motifs is 1. The number of likely N-dealkylation sites (tertiary alicyclic amines) is 1. The Morgan fingerprint density at radius 3 is 2.88 bits per heavy atom. The van der Waals surface area contributed by atoms with Gasteiger partial charge in [0.05, 0.1) is 17.8 Å². The van der Waals surface area contributed by atoms with Crippen LogP contribution in [0.1, 0.15) is 56.1 Å². The molecule has 0 saturated carbocycles. The number of piperidine rings is 1. The summed E-state index contributed by atoms with van der Waals surface area (Å²) in [7, 11) is 0. The Kier molecular flexibility index (Phi) is 6.41. The van der Waals surface area contributed by atoms with Gasteiger partial charge >= 0.3 is 0 Å². The maximum absolute atomic E-state index is 12.8. The van der Waals surface area contributed by atoms with Crippen molar-refractivity contribution in [3.8, 4) is 0 Å². The number of amides is 1. The van der Waals surface area contributed by atoms with Gasteiger partial charge in [-0.25, -0.2) is 9.67 Å². The minimum Gasteiger partial charge on any atom is -0.350 e. The summed E-state index contributed by atoms with van der Waals surface area (Å²) >= 11 is 0. The second-order valence-corrected chi connectivity index (χ2v) is 9.53. The molecule has 1 aliphatic rings. The molecule has 2 N–H and O–H groups in total. The quantitative estimate of drug-likeness (QED) is 0.619. The van der Waals surface area contributed by atoms with Crippen LogP contribution in [0.3, 0.4) is 0 Å². The zero-order valence-corrected chi connectivity index (χ0v) is 19.1. The second kappa shape index (κ2) is 9.24. The molecule has 1 unspecified atom stereocenters. The van der Waals surface area contributed by atoms with Crippen molar-refractivity contribution in [3.63, 3.8) is 0 Å². The molecule has 170 valence electrons. The Morgan fingerprint density at radius 1 is 1.22 bits per heavy atom. The molecule has 0 spiro atoms. The lowest BCUT2D eigenvalue weighted by Crippen LogP contribution is -2.48. The standard InChI is InChI=1S/C24H32N6O2/c1-24(2,3)20-9-10-21(31)30(28-20)14-13-29-12-5-4-7-17(29)15-27-23(32)19-16-26-22-18(19)8-6-11-25-22/h6,8-11,16-17H,4-5,7,12-15H2,1-3H3,(H,25,26)(H,27,32). The Bertz CT molecular complexity index is 1140. The Hall–Kier alpha value is -3.00. The van der Waals surface area contributed by atoms with E-state index in [-0.39, 0.29) is 22.9 Å². The van der Waals surface area contributed by atoms with E-state index >= 15 is 0 Å². The number of carbonyl (C=O) groups excluding carboxylic acids is 1. The fourth-order valence-corrected chi connectivity index (χ4v) is 4.27. The molecule has 3 aromatic heterocycles. The molecule has 1 atom stereocenters. The summed E-state index contributed by atoms with van der Waals surface area (Å²) in [5.41, 5.74) is 2.06. The van der Waals surface area contributed by atoms with Crippen LogP contribution < -0.4 is 10.9 Å². The number of hydrogen-bond acceptors (Lipinski definition) is 5. The van der Waals surface area contributed by atoms with Crippen LogP contribution in [-0.2, 0) is 12.0 Å². The van der Waals surface area contributed by atoms with Gasteiger partial charge in [-0.3, -0.25) is 14.5 Å². The number of pyridine rings is 1. The van der Waals surface area contributed by atoms with E-state index in [1.807, 2.05) is 18.2 Å². The molecule has 4 heterocycles. The van der Waals surface area contributed by atoms with Crippen LogP contribution in [0.2, 0.25) is 0 Å². The van der Waals surface area contributed by atoms with Crippen molar-refractivity contribution in [3.05, 3.63) is 58.3 Å². The van der Waals surface area contributed by atoms with Crippen LogP contribution in [-0.4, -0.2) is 56.2 Å². The monoisotopic (exact) mass is 436 g/mol. The van der Waals surface area contributed by atoms with Crippen molar-refractivity contribution < 1.29 is 4.79 Å². The molecule has 0 bridgehead atoms. The number of nitrogens with one attached hydrogen (secondary N) is 2. The largest absolute Gasteiger partial charge is 0.350 e. The van der Waals surface area contributed by atoms with Crippen LogP contribution in [0, 0.1) is 0 Å². The smallest absolute Gasteiger partial charge is 0.266 e. The highest BCUT2D eigenvalue weighted by Crippen LogP contribution is 2.19. The average Bonchev–Trinajstić information content (AvgIpc) is 3.21. The van der Waals surface area contributed by atoms with Crippen LogP contribution in [0.15, 0.2) is 41.5 Å². The zero-order chi connectivity index (χ0) is 22.7. The number of nitrogens with zero attached hydrogens (tertiary/aromatic N) is 4. The summed E-state index contributed by atoms with van der Waals surface area (Å²) in [6, 6.07) is 7.41. The minimum atomic E-state index is -0.106. The first-order valence-corrected chi connectivity index (χ1v) is 11.4. The van der Waals surface area contributed by atoms with E-state index in [1.165, 1.54) is 0 Å². The maximum atomic E-state index is 12.8. The van der Waals surface area contributed by atoms with Gasteiger partial charge < -0.3 is 10.3 Å². The molecule has 1 fully saturated rings. The van der Waals surface area contributed by atoms with Crippen molar-refractivity contribution in [1.29, 1.82) is 0 Å². The maximum Gasteiger partial charge on any atom is 0.266 e. The second-order valence-electron chi connectivity index (χ2n) is 9.53. The average molecular weight is 437 g/mol. The summed E-state index contributed by atoms with van der Waals surface area (Å²) in [6.07, 6.45) is 6.72. The van der Waals surface area contributed by atoms with Gasteiger partial charge in [0.25, 0.3) is 11.5 Å². The molecule has 4 rings (SSSR count). The van der Waals surface area contributed by atoms with Gasteiger partial charge in [-0.15, -0.1) is 0 Å². The predicted molar refractivity (Wildman–Crippen MR) is 125 cm³/mol. The molecule has 3 aromatic rings. The van der Waals surface area contributed by atoms with E-state index < -0.39 is 0 Å². The molecule has 32 heavy (non-hydrogen) atoms. The van der Waals surface area contributed by atoms with Crippen molar-refractivity contribution in [2.75, 3.05) is 19.6 Å². The molecular weight excluding hydrogens is 404 g/mol. The van der Waals surface area contributed by atoms with Gasteiger partial charge in [0.2, 0.25) is 0 Å². The van der Waals surface area contributed by atoms with Crippen LogP contribution in [0.25, 0.3) is 11.0 Å². The van der Waals surface area contributed by atoms with E-state index in [0.29, 0.717) is 24.3 Å². The summed E-state index contributed by atoms with van der Waals surface area (Å²) in [6.45, 7) is 9.10. The number of aromatic amines is 1. The van der Waals surface area contributed by atoms with E-state index in [1.54, 1.807) is 23.1 Å². The van der Waals surface area contributed by atoms with Crippen LogP contribution >= 0.6 is 0 Å². The van der Waals surface area contributed by atoms with Gasteiger partial charge in [0, 0.05) is 48.4 Å². The highest BCUT2D eigenvalue weighted by Gasteiger charge is 2.24. The first-order valence-electron chi connectivity index (χ1n) is 11.4. The number of H-pyrrole nitrogens is 1. The molecule has 1 aliphatic heterocycles. The topological polar surface area (TPSA) is 95.9 Å². The number of carbonyl (C=O) groups is 1. The molecule has 0 aliphatic carbocycles. The zero-order valence-electron chi connectivity index (χ0n) is 19.1. The van der Waals surface area contributed by atoms with Gasteiger partial charge in [-0.2, -0.15) is 5.10 Å². The lowest BCUT2D eigenvalue weighted by Gasteiger charge is -2.35. The third-order valence-electron chi connectivity index (χ3n) is 6.18. The minimum absolute atomic E-state index is 0.0761.